The number of aryl methyl sites for hydroxylation is 1. The molecule has 2 aromatic heterocycles. The molecule has 0 aliphatic carbocycles. The van der Waals surface area contributed by atoms with Crippen molar-refractivity contribution in [2.45, 2.75) is 32.9 Å². The fourth-order valence-electron chi connectivity index (χ4n) is 2.45. The molecule has 0 bridgehead atoms. The standard InChI is InChI=1S/C17H19N5O2/c1-3-15(22-10-4-9-19-22)17(23)18-11-13-5-7-14(8-6-13)16-20-12(2)24-21-16/h4-10,15H,3,11H2,1-2H3,(H,18,23)/t15-/m0/s1. The van der Waals surface area contributed by atoms with Gasteiger partial charge in [0.25, 0.3) is 0 Å². The third kappa shape index (κ3) is 3.51. The van der Waals surface area contributed by atoms with E-state index in [0.717, 1.165) is 11.1 Å². The van der Waals surface area contributed by atoms with Gasteiger partial charge in [-0.05, 0) is 18.1 Å². The van der Waals surface area contributed by atoms with Crippen molar-refractivity contribution in [2.75, 3.05) is 0 Å². The molecule has 1 amide bonds. The maximum atomic E-state index is 12.3. The minimum absolute atomic E-state index is 0.0425. The molecule has 0 fully saturated rings. The smallest absolute Gasteiger partial charge is 0.245 e. The van der Waals surface area contributed by atoms with Crippen molar-refractivity contribution in [3.63, 3.8) is 0 Å². The minimum Gasteiger partial charge on any atom is -0.350 e. The number of carbonyl (C=O) groups is 1. The van der Waals surface area contributed by atoms with E-state index in [4.69, 9.17) is 4.52 Å². The van der Waals surface area contributed by atoms with Crippen molar-refractivity contribution >= 4 is 5.91 Å². The summed E-state index contributed by atoms with van der Waals surface area (Å²) in [6.45, 7) is 4.18. The summed E-state index contributed by atoms with van der Waals surface area (Å²) in [7, 11) is 0. The molecule has 1 aromatic carbocycles. The third-order valence-electron chi connectivity index (χ3n) is 3.74. The maximum Gasteiger partial charge on any atom is 0.245 e. The Morgan fingerprint density at radius 1 is 1.33 bits per heavy atom. The van der Waals surface area contributed by atoms with Crippen molar-refractivity contribution in [2.24, 2.45) is 0 Å². The first-order valence-corrected chi connectivity index (χ1v) is 7.84. The predicted octanol–water partition coefficient (Wildman–Crippen LogP) is 2.51. The highest BCUT2D eigenvalue weighted by atomic mass is 16.5. The van der Waals surface area contributed by atoms with Crippen LogP contribution in [0.15, 0.2) is 47.2 Å². The van der Waals surface area contributed by atoms with Crippen LogP contribution in [0, 0.1) is 6.92 Å². The van der Waals surface area contributed by atoms with Crippen LogP contribution in [-0.2, 0) is 11.3 Å². The Kier molecular flexibility index (Phi) is 4.69. The lowest BCUT2D eigenvalue weighted by Crippen LogP contribution is -2.32. The molecule has 0 aliphatic heterocycles. The molecule has 3 aromatic rings. The first-order chi connectivity index (χ1) is 11.7. The van der Waals surface area contributed by atoms with E-state index in [9.17, 15) is 4.79 Å². The number of hydrogen-bond donors (Lipinski definition) is 1. The van der Waals surface area contributed by atoms with Crippen molar-refractivity contribution in [1.29, 1.82) is 0 Å². The molecule has 7 nitrogen and oxygen atoms in total. The van der Waals surface area contributed by atoms with Crippen molar-refractivity contribution < 1.29 is 9.32 Å². The Bertz CT molecular complexity index is 793. The van der Waals surface area contributed by atoms with Gasteiger partial charge in [0.2, 0.25) is 17.6 Å². The second-order valence-corrected chi connectivity index (χ2v) is 5.46. The summed E-state index contributed by atoms with van der Waals surface area (Å²) in [5.41, 5.74) is 1.88. The molecule has 0 aliphatic rings. The van der Waals surface area contributed by atoms with Gasteiger partial charge in [-0.1, -0.05) is 36.3 Å². The lowest BCUT2D eigenvalue weighted by molar-refractivity contribution is -0.124. The number of hydrogen-bond acceptors (Lipinski definition) is 5. The molecule has 1 atom stereocenters. The highest BCUT2D eigenvalue weighted by molar-refractivity contribution is 5.80. The number of nitrogens with one attached hydrogen (secondary N) is 1. The lowest BCUT2D eigenvalue weighted by atomic mass is 10.1. The largest absolute Gasteiger partial charge is 0.350 e. The van der Waals surface area contributed by atoms with Crippen LogP contribution in [0.3, 0.4) is 0 Å². The van der Waals surface area contributed by atoms with Gasteiger partial charge in [-0.2, -0.15) is 10.1 Å². The van der Waals surface area contributed by atoms with E-state index < -0.39 is 0 Å². The molecule has 0 saturated carbocycles. The Morgan fingerprint density at radius 3 is 2.71 bits per heavy atom. The first kappa shape index (κ1) is 15.9. The average Bonchev–Trinajstić information content (AvgIpc) is 3.26. The molecule has 1 N–H and O–H groups in total. The average molecular weight is 325 g/mol. The molecule has 0 radical (unpaired) electrons. The van der Waals surface area contributed by atoms with Crippen LogP contribution in [0.2, 0.25) is 0 Å². The fraction of sp³-hybridized carbons (Fsp3) is 0.294. The van der Waals surface area contributed by atoms with Gasteiger partial charge in [0.1, 0.15) is 6.04 Å². The van der Waals surface area contributed by atoms with E-state index >= 15 is 0 Å². The van der Waals surface area contributed by atoms with Crippen molar-refractivity contribution in [3.05, 3.63) is 54.2 Å². The Morgan fingerprint density at radius 2 is 2.12 bits per heavy atom. The van der Waals surface area contributed by atoms with Gasteiger partial charge in [-0.15, -0.1) is 0 Å². The van der Waals surface area contributed by atoms with E-state index in [2.05, 4.69) is 20.6 Å². The summed E-state index contributed by atoms with van der Waals surface area (Å²) < 4.78 is 6.65. The lowest BCUT2D eigenvalue weighted by Gasteiger charge is -2.15. The van der Waals surface area contributed by atoms with Crippen LogP contribution in [0.25, 0.3) is 11.4 Å². The first-order valence-electron chi connectivity index (χ1n) is 7.84. The second kappa shape index (κ2) is 7.08. The summed E-state index contributed by atoms with van der Waals surface area (Å²) in [6, 6.07) is 9.23. The van der Waals surface area contributed by atoms with Crippen molar-refractivity contribution in [3.8, 4) is 11.4 Å². The molecule has 2 heterocycles. The molecule has 3 rings (SSSR count). The SMILES string of the molecule is CC[C@@H](C(=O)NCc1ccc(-c2noc(C)n2)cc1)n1cccn1. The molecule has 24 heavy (non-hydrogen) atoms. The van der Waals surface area contributed by atoms with E-state index in [1.54, 1.807) is 24.0 Å². The molecular formula is C17H19N5O2. The highest BCUT2D eigenvalue weighted by Crippen LogP contribution is 2.16. The molecular weight excluding hydrogens is 306 g/mol. The Labute approximate surface area is 139 Å². The van der Waals surface area contributed by atoms with Crippen LogP contribution in [0.5, 0.6) is 0 Å². The zero-order valence-electron chi connectivity index (χ0n) is 13.6. The quantitative estimate of drug-likeness (QED) is 0.752. The van der Waals surface area contributed by atoms with E-state index in [1.807, 2.05) is 37.3 Å². The molecule has 0 spiro atoms. The monoisotopic (exact) mass is 325 g/mol. The van der Waals surface area contributed by atoms with Crippen molar-refractivity contribution in [1.82, 2.24) is 25.2 Å². The van der Waals surface area contributed by atoms with E-state index in [1.165, 1.54) is 0 Å². The summed E-state index contributed by atoms with van der Waals surface area (Å²) in [6.07, 6.45) is 4.16. The number of benzene rings is 1. The number of rotatable bonds is 6. The van der Waals surface area contributed by atoms with Gasteiger partial charge >= 0.3 is 0 Å². The van der Waals surface area contributed by atoms with Gasteiger partial charge in [0.05, 0.1) is 0 Å². The summed E-state index contributed by atoms with van der Waals surface area (Å²) in [4.78, 5) is 16.5. The minimum atomic E-state index is -0.290. The van der Waals surface area contributed by atoms with Crippen LogP contribution >= 0.6 is 0 Å². The van der Waals surface area contributed by atoms with Crippen LogP contribution < -0.4 is 5.32 Å². The maximum absolute atomic E-state index is 12.3. The van der Waals surface area contributed by atoms with Gasteiger partial charge in [-0.3, -0.25) is 9.48 Å². The topological polar surface area (TPSA) is 85.8 Å². The number of amides is 1. The predicted molar refractivity (Wildman–Crippen MR) is 87.9 cm³/mol. The number of carbonyl (C=O) groups excluding carboxylic acids is 1. The van der Waals surface area contributed by atoms with E-state index in [-0.39, 0.29) is 11.9 Å². The fourth-order valence-corrected chi connectivity index (χ4v) is 2.45. The zero-order chi connectivity index (χ0) is 16.9. The van der Waals surface area contributed by atoms with E-state index in [0.29, 0.717) is 24.7 Å². The number of nitrogens with zero attached hydrogens (tertiary/aromatic N) is 4. The molecule has 0 unspecified atom stereocenters. The summed E-state index contributed by atoms with van der Waals surface area (Å²) in [5.74, 6) is 1.05. The van der Waals surface area contributed by atoms with Gasteiger partial charge < -0.3 is 9.84 Å². The van der Waals surface area contributed by atoms with Crippen LogP contribution in [-0.4, -0.2) is 25.8 Å². The molecule has 124 valence electrons. The zero-order valence-corrected chi connectivity index (χ0v) is 13.6. The van der Waals surface area contributed by atoms with Crippen LogP contribution in [0.1, 0.15) is 30.8 Å². The Hall–Kier alpha value is -2.96. The third-order valence-corrected chi connectivity index (χ3v) is 3.74. The summed E-state index contributed by atoms with van der Waals surface area (Å²) in [5, 5.41) is 11.0. The van der Waals surface area contributed by atoms with Gasteiger partial charge in [0.15, 0.2) is 0 Å². The highest BCUT2D eigenvalue weighted by Gasteiger charge is 2.18. The second-order valence-electron chi connectivity index (χ2n) is 5.46. The molecule has 7 heteroatoms. The Balaban J connectivity index is 1.61. The normalized spacial score (nSPS) is 12.1. The number of aromatic nitrogens is 4. The summed E-state index contributed by atoms with van der Waals surface area (Å²) >= 11 is 0. The van der Waals surface area contributed by atoms with Crippen LogP contribution in [0.4, 0.5) is 0 Å². The van der Waals surface area contributed by atoms with Gasteiger partial charge in [0, 0.05) is 31.4 Å². The van der Waals surface area contributed by atoms with Gasteiger partial charge in [-0.25, -0.2) is 0 Å². The molecule has 0 saturated heterocycles.